The summed E-state index contributed by atoms with van der Waals surface area (Å²) in [6.45, 7) is 2.56. The van der Waals surface area contributed by atoms with Crippen LogP contribution in [-0.2, 0) is 19.1 Å². The molecule has 2 N–H and O–H groups in total. The number of amides is 4. The third-order valence-corrected chi connectivity index (χ3v) is 5.28. The Morgan fingerprint density at radius 2 is 1.89 bits per heavy atom. The highest BCUT2D eigenvalue weighted by atomic mass is 32.2. The largest absolute Gasteiger partial charge is 0.454 e. The lowest BCUT2D eigenvalue weighted by Gasteiger charge is -2.22. The van der Waals surface area contributed by atoms with Crippen LogP contribution in [0.4, 0.5) is 10.5 Å². The summed E-state index contributed by atoms with van der Waals surface area (Å²) in [5.74, 6) is -1.78. The minimum Gasteiger partial charge on any atom is -0.454 e. The number of para-hydroxylation sites is 1. The van der Waals surface area contributed by atoms with Crippen molar-refractivity contribution < 1.29 is 23.9 Å². The van der Waals surface area contributed by atoms with Gasteiger partial charge in [-0.3, -0.25) is 19.3 Å². The van der Waals surface area contributed by atoms with Gasteiger partial charge in [-0.2, -0.15) is 0 Å². The summed E-state index contributed by atoms with van der Waals surface area (Å²) in [6.07, 6.45) is 2.74. The molecule has 0 radical (unpaired) electrons. The number of carbonyl (C=O) groups excluding carboxylic acids is 4. The van der Waals surface area contributed by atoms with Gasteiger partial charge in [0, 0.05) is 4.90 Å². The van der Waals surface area contributed by atoms with Gasteiger partial charge in [0.2, 0.25) is 0 Å². The molecule has 1 saturated heterocycles. The molecule has 1 aromatic carbocycles. The Hall–Kier alpha value is -2.55. The first-order valence-corrected chi connectivity index (χ1v) is 9.82. The SMILES string of the molecule is CCC1(CC)NC(=O)N(CC(=O)OCC(=O)Nc2ccccc2SC)C1=O. The van der Waals surface area contributed by atoms with Gasteiger partial charge in [0.15, 0.2) is 6.61 Å². The van der Waals surface area contributed by atoms with Gasteiger partial charge in [0.25, 0.3) is 11.8 Å². The number of esters is 1. The second kappa shape index (κ2) is 8.90. The lowest BCUT2D eigenvalue weighted by atomic mass is 9.93. The van der Waals surface area contributed by atoms with E-state index in [1.54, 1.807) is 26.0 Å². The molecule has 1 aromatic rings. The number of hydrogen-bond donors (Lipinski definition) is 2. The van der Waals surface area contributed by atoms with E-state index in [4.69, 9.17) is 4.74 Å². The Labute approximate surface area is 162 Å². The number of ether oxygens (including phenoxy) is 1. The zero-order valence-electron chi connectivity index (χ0n) is 15.5. The molecule has 0 unspecified atom stereocenters. The summed E-state index contributed by atoms with van der Waals surface area (Å²) in [7, 11) is 0. The number of nitrogens with one attached hydrogen (secondary N) is 2. The number of hydrogen-bond acceptors (Lipinski definition) is 6. The summed E-state index contributed by atoms with van der Waals surface area (Å²) in [4.78, 5) is 50.1. The number of rotatable bonds is 8. The third kappa shape index (κ3) is 4.60. The average Bonchev–Trinajstić information content (AvgIpc) is 2.91. The summed E-state index contributed by atoms with van der Waals surface area (Å²) in [5.41, 5.74) is -0.355. The highest BCUT2D eigenvalue weighted by Crippen LogP contribution is 2.25. The van der Waals surface area contributed by atoms with Crippen molar-refractivity contribution >= 4 is 41.3 Å². The van der Waals surface area contributed by atoms with Crippen molar-refractivity contribution in [1.82, 2.24) is 10.2 Å². The Morgan fingerprint density at radius 1 is 1.22 bits per heavy atom. The molecule has 146 valence electrons. The van der Waals surface area contributed by atoms with E-state index in [0.717, 1.165) is 9.80 Å². The minimum atomic E-state index is -0.976. The molecule has 0 bridgehead atoms. The van der Waals surface area contributed by atoms with Gasteiger partial charge in [-0.1, -0.05) is 26.0 Å². The highest BCUT2D eigenvalue weighted by Gasteiger charge is 2.49. The number of nitrogens with zero attached hydrogens (tertiary/aromatic N) is 1. The molecule has 4 amide bonds. The molecule has 8 nitrogen and oxygen atoms in total. The van der Waals surface area contributed by atoms with Gasteiger partial charge in [-0.05, 0) is 31.2 Å². The van der Waals surface area contributed by atoms with E-state index in [1.807, 2.05) is 18.4 Å². The first-order chi connectivity index (χ1) is 12.9. The fraction of sp³-hybridized carbons (Fsp3) is 0.444. The summed E-state index contributed by atoms with van der Waals surface area (Å²) < 4.78 is 4.91. The fourth-order valence-electron chi connectivity index (χ4n) is 2.80. The average molecular weight is 393 g/mol. The zero-order valence-corrected chi connectivity index (χ0v) is 16.4. The van der Waals surface area contributed by atoms with Crippen molar-refractivity contribution in [1.29, 1.82) is 0 Å². The lowest BCUT2D eigenvalue weighted by molar-refractivity contribution is -0.150. The van der Waals surface area contributed by atoms with Crippen molar-refractivity contribution in [3.05, 3.63) is 24.3 Å². The molecule has 27 heavy (non-hydrogen) atoms. The third-order valence-electron chi connectivity index (χ3n) is 4.49. The number of imide groups is 1. The summed E-state index contributed by atoms with van der Waals surface area (Å²) in [6, 6.07) is 6.61. The van der Waals surface area contributed by atoms with Crippen LogP contribution in [0.15, 0.2) is 29.2 Å². The molecular weight excluding hydrogens is 370 g/mol. The Kier molecular flexibility index (Phi) is 6.84. The van der Waals surface area contributed by atoms with Crippen molar-refractivity contribution in [3.63, 3.8) is 0 Å². The van der Waals surface area contributed by atoms with E-state index in [9.17, 15) is 19.2 Å². The van der Waals surface area contributed by atoms with E-state index in [1.165, 1.54) is 11.8 Å². The van der Waals surface area contributed by atoms with Crippen LogP contribution in [-0.4, -0.2) is 53.7 Å². The standard InChI is InChI=1S/C18H23N3O5S/c1-4-18(5-2)16(24)21(17(25)20-18)10-15(23)26-11-14(22)19-12-8-6-7-9-13(12)27-3/h6-9H,4-5,10-11H2,1-3H3,(H,19,22)(H,20,25). The molecule has 1 aliphatic rings. The van der Waals surface area contributed by atoms with E-state index in [-0.39, 0.29) is 0 Å². The second-order valence-electron chi connectivity index (χ2n) is 6.02. The molecule has 0 spiro atoms. The van der Waals surface area contributed by atoms with E-state index in [0.29, 0.717) is 18.5 Å². The quantitative estimate of drug-likeness (QED) is 0.398. The maximum atomic E-state index is 12.4. The van der Waals surface area contributed by atoms with Crippen LogP contribution >= 0.6 is 11.8 Å². The second-order valence-corrected chi connectivity index (χ2v) is 6.87. The van der Waals surface area contributed by atoms with Crippen LogP contribution < -0.4 is 10.6 Å². The Bertz CT molecular complexity index is 748. The minimum absolute atomic E-state index is 0.427. The number of anilines is 1. The molecule has 0 saturated carbocycles. The van der Waals surface area contributed by atoms with Gasteiger partial charge >= 0.3 is 12.0 Å². The van der Waals surface area contributed by atoms with E-state index in [2.05, 4.69) is 10.6 Å². The van der Waals surface area contributed by atoms with Crippen LogP contribution in [0.5, 0.6) is 0 Å². The van der Waals surface area contributed by atoms with Crippen molar-refractivity contribution in [2.45, 2.75) is 37.1 Å². The van der Waals surface area contributed by atoms with Crippen LogP contribution in [0.2, 0.25) is 0 Å². The first kappa shape index (κ1) is 20.8. The number of carbonyl (C=O) groups is 4. The zero-order chi connectivity index (χ0) is 20.0. The predicted octanol–water partition coefficient (Wildman–Crippen LogP) is 2.00. The summed E-state index contributed by atoms with van der Waals surface area (Å²) >= 11 is 1.48. The van der Waals surface area contributed by atoms with Crippen LogP contribution in [0.25, 0.3) is 0 Å². The monoisotopic (exact) mass is 393 g/mol. The van der Waals surface area contributed by atoms with Crippen LogP contribution in [0.3, 0.4) is 0 Å². The molecular formula is C18H23N3O5S. The maximum absolute atomic E-state index is 12.4. The van der Waals surface area contributed by atoms with Gasteiger partial charge < -0.3 is 15.4 Å². The number of benzene rings is 1. The van der Waals surface area contributed by atoms with Crippen LogP contribution in [0, 0.1) is 0 Å². The number of urea groups is 1. The molecule has 9 heteroatoms. The summed E-state index contributed by atoms with van der Waals surface area (Å²) in [5, 5.41) is 5.29. The Balaban J connectivity index is 1.88. The van der Waals surface area contributed by atoms with E-state index >= 15 is 0 Å². The molecule has 1 aliphatic heterocycles. The normalized spacial score (nSPS) is 15.4. The Morgan fingerprint density at radius 3 is 2.48 bits per heavy atom. The molecule has 0 aromatic heterocycles. The smallest absolute Gasteiger partial charge is 0.326 e. The first-order valence-electron chi connectivity index (χ1n) is 8.59. The molecule has 2 rings (SSSR count). The van der Waals surface area contributed by atoms with Crippen molar-refractivity contribution in [3.8, 4) is 0 Å². The van der Waals surface area contributed by atoms with Gasteiger partial charge in [0.1, 0.15) is 12.1 Å². The molecule has 1 fully saturated rings. The molecule has 1 heterocycles. The van der Waals surface area contributed by atoms with Gasteiger partial charge in [-0.25, -0.2) is 4.79 Å². The van der Waals surface area contributed by atoms with E-state index < -0.39 is 42.5 Å². The fourth-order valence-corrected chi connectivity index (χ4v) is 3.36. The van der Waals surface area contributed by atoms with Gasteiger partial charge in [0.05, 0.1) is 5.69 Å². The highest BCUT2D eigenvalue weighted by molar-refractivity contribution is 7.98. The molecule has 0 aliphatic carbocycles. The van der Waals surface area contributed by atoms with Crippen LogP contribution in [0.1, 0.15) is 26.7 Å². The lowest BCUT2D eigenvalue weighted by Crippen LogP contribution is -2.46. The van der Waals surface area contributed by atoms with Crippen molar-refractivity contribution in [2.75, 3.05) is 24.7 Å². The number of thioether (sulfide) groups is 1. The predicted molar refractivity (Wildman–Crippen MR) is 101 cm³/mol. The molecule has 0 atom stereocenters. The maximum Gasteiger partial charge on any atom is 0.326 e. The van der Waals surface area contributed by atoms with Gasteiger partial charge in [-0.15, -0.1) is 11.8 Å². The topological polar surface area (TPSA) is 105 Å². The van der Waals surface area contributed by atoms with Crippen molar-refractivity contribution in [2.24, 2.45) is 0 Å².